The van der Waals surface area contributed by atoms with Crippen LogP contribution in [-0.4, -0.2) is 47.7 Å². The maximum Gasteiger partial charge on any atom is 0.306 e. The van der Waals surface area contributed by atoms with Crippen LogP contribution in [0.5, 0.6) is 0 Å². The van der Waals surface area contributed by atoms with E-state index in [0.29, 0.717) is 18.6 Å². The van der Waals surface area contributed by atoms with Gasteiger partial charge in [-0.3, -0.25) is 4.79 Å². The van der Waals surface area contributed by atoms with Gasteiger partial charge in [-0.1, -0.05) is 67.7 Å². The molecule has 0 spiro atoms. The summed E-state index contributed by atoms with van der Waals surface area (Å²) in [6, 6.07) is 0. The number of aliphatic hydroxyl groups is 2. The van der Waals surface area contributed by atoms with E-state index < -0.39 is 12.7 Å². The molecule has 0 aromatic heterocycles. The molecule has 3 atom stereocenters. The number of rotatable bonds is 17. The quantitative estimate of drug-likeness (QED) is 0.205. The Morgan fingerprint density at radius 1 is 0.900 bits per heavy atom. The monoisotopic (exact) mass is 418 g/mol. The van der Waals surface area contributed by atoms with Gasteiger partial charge in [-0.25, -0.2) is 0 Å². The number of hydrogen-bond donors (Lipinski definition) is 2. The van der Waals surface area contributed by atoms with Crippen LogP contribution >= 0.6 is 0 Å². The van der Waals surface area contributed by atoms with Crippen molar-refractivity contribution in [3.8, 4) is 0 Å². The molecule has 1 heterocycles. The molecule has 168 valence electrons. The van der Waals surface area contributed by atoms with Gasteiger partial charge in [-0.05, 0) is 44.9 Å². The van der Waals surface area contributed by atoms with Crippen molar-refractivity contribution >= 4 is 5.97 Å². The van der Waals surface area contributed by atoms with Crippen LogP contribution in [0.3, 0.4) is 0 Å². The molecule has 1 aliphatic heterocycles. The molecule has 1 fully saturated rings. The molecule has 5 heteroatoms. The highest BCUT2D eigenvalue weighted by Gasteiger charge is 2.35. The first-order valence-corrected chi connectivity index (χ1v) is 11.0. The van der Waals surface area contributed by atoms with Gasteiger partial charge in [0.25, 0.3) is 0 Å². The van der Waals surface area contributed by atoms with Crippen LogP contribution in [0.15, 0.2) is 60.8 Å². The lowest BCUT2D eigenvalue weighted by Gasteiger charge is -2.07. The normalized spacial score (nSPS) is 20.4. The lowest BCUT2D eigenvalue weighted by molar-refractivity contribution is -0.147. The summed E-state index contributed by atoms with van der Waals surface area (Å²) in [7, 11) is 0. The zero-order valence-corrected chi connectivity index (χ0v) is 18.2. The first-order valence-electron chi connectivity index (χ1n) is 11.0. The molecular weight excluding hydrogens is 380 g/mol. The molecular formula is C25H38O5. The maximum absolute atomic E-state index is 11.4. The van der Waals surface area contributed by atoms with Crippen LogP contribution in [0.4, 0.5) is 0 Å². The van der Waals surface area contributed by atoms with Gasteiger partial charge in [0.15, 0.2) is 0 Å². The molecule has 0 radical (unpaired) electrons. The third-order valence-electron chi connectivity index (χ3n) is 4.47. The van der Waals surface area contributed by atoms with Crippen molar-refractivity contribution in [2.45, 2.75) is 76.6 Å². The van der Waals surface area contributed by atoms with Crippen molar-refractivity contribution in [3.05, 3.63) is 60.8 Å². The standard InChI is InChI=1S/C25H38O5/c1-2-3-14-17-23-24(30-23)18-15-12-10-8-6-4-5-7-9-11-13-16-19-25(28)29-21-22(27)20-26/h3,5-8,11-15,22-24,26-27H,2,4,9-10,16-21H2,1H3/b7-5-,8-6-,13-11-,14-3-,15-12-/t22-,23?,24?/m0/s1. The van der Waals surface area contributed by atoms with Gasteiger partial charge in [0, 0.05) is 6.42 Å². The summed E-state index contributed by atoms with van der Waals surface area (Å²) in [5.41, 5.74) is 0. The van der Waals surface area contributed by atoms with Crippen molar-refractivity contribution < 1.29 is 24.5 Å². The molecule has 30 heavy (non-hydrogen) atoms. The summed E-state index contributed by atoms with van der Waals surface area (Å²) >= 11 is 0. The minimum atomic E-state index is -0.997. The van der Waals surface area contributed by atoms with Gasteiger partial charge in [0.2, 0.25) is 0 Å². The van der Waals surface area contributed by atoms with Gasteiger partial charge in [-0.2, -0.15) is 0 Å². The molecule has 0 aromatic carbocycles. The second-order valence-electron chi connectivity index (χ2n) is 7.21. The third-order valence-corrected chi connectivity index (χ3v) is 4.47. The minimum Gasteiger partial charge on any atom is -0.463 e. The van der Waals surface area contributed by atoms with E-state index >= 15 is 0 Å². The van der Waals surface area contributed by atoms with E-state index in [0.717, 1.165) is 38.5 Å². The number of carbonyl (C=O) groups is 1. The smallest absolute Gasteiger partial charge is 0.306 e. The van der Waals surface area contributed by atoms with Crippen molar-refractivity contribution in [3.63, 3.8) is 0 Å². The topological polar surface area (TPSA) is 79.3 Å². The van der Waals surface area contributed by atoms with E-state index in [1.54, 1.807) is 0 Å². The van der Waals surface area contributed by atoms with Gasteiger partial charge >= 0.3 is 5.97 Å². The summed E-state index contributed by atoms with van der Waals surface area (Å²) in [5.74, 6) is -0.365. The Kier molecular flexibility index (Phi) is 15.5. The minimum absolute atomic E-state index is 0.155. The number of aliphatic hydroxyl groups excluding tert-OH is 2. The molecule has 2 unspecified atom stereocenters. The Hall–Kier alpha value is -1.95. The van der Waals surface area contributed by atoms with Gasteiger partial charge < -0.3 is 19.7 Å². The van der Waals surface area contributed by atoms with Crippen molar-refractivity contribution in [2.24, 2.45) is 0 Å². The summed E-state index contributed by atoms with van der Waals surface area (Å²) in [4.78, 5) is 11.4. The van der Waals surface area contributed by atoms with Gasteiger partial charge in [0.05, 0.1) is 18.8 Å². The van der Waals surface area contributed by atoms with E-state index in [-0.39, 0.29) is 19.0 Å². The number of allylic oxidation sites excluding steroid dienone is 8. The summed E-state index contributed by atoms with van der Waals surface area (Å²) in [5, 5.41) is 17.7. The Labute approximate surface area is 181 Å². The zero-order valence-electron chi connectivity index (χ0n) is 18.2. The SMILES string of the molecule is CC/C=C\CC1OC1C/C=C\C/C=C\C/C=C\C/C=C\CCC(=O)OC[C@@H](O)CO. The fraction of sp³-hybridized carbons (Fsp3) is 0.560. The summed E-state index contributed by atoms with van der Waals surface area (Å²) in [6.45, 7) is 1.59. The van der Waals surface area contributed by atoms with Crippen LogP contribution in [0.25, 0.3) is 0 Å². The number of hydrogen-bond acceptors (Lipinski definition) is 5. The lowest BCUT2D eigenvalue weighted by Crippen LogP contribution is -2.21. The predicted molar refractivity (Wildman–Crippen MR) is 121 cm³/mol. The fourth-order valence-corrected chi connectivity index (χ4v) is 2.67. The number of ether oxygens (including phenoxy) is 2. The second-order valence-corrected chi connectivity index (χ2v) is 7.21. The van der Waals surface area contributed by atoms with Crippen molar-refractivity contribution in [2.75, 3.05) is 13.2 Å². The average molecular weight is 419 g/mol. The van der Waals surface area contributed by atoms with E-state index in [1.807, 2.05) is 12.2 Å². The third kappa shape index (κ3) is 15.0. The van der Waals surface area contributed by atoms with Crippen LogP contribution < -0.4 is 0 Å². The predicted octanol–water partition coefficient (Wildman–Crippen LogP) is 4.57. The van der Waals surface area contributed by atoms with Gasteiger partial charge in [-0.15, -0.1) is 0 Å². The molecule has 0 bridgehead atoms. The number of esters is 1. The molecule has 1 aliphatic rings. The Morgan fingerprint density at radius 2 is 1.43 bits per heavy atom. The molecule has 1 saturated heterocycles. The molecule has 5 nitrogen and oxygen atoms in total. The molecule has 0 amide bonds. The molecule has 1 rings (SSSR count). The number of carbonyl (C=O) groups excluding carboxylic acids is 1. The molecule has 2 N–H and O–H groups in total. The van der Waals surface area contributed by atoms with E-state index in [9.17, 15) is 4.79 Å². The Balaban J connectivity index is 1.93. The highest BCUT2D eigenvalue weighted by atomic mass is 16.6. The van der Waals surface area contributed by atoms with Crippen molar-refractivity contribution in [1.29, 1.82) is 0 Å². The second kappa shape index (κ2) is 17.9. The van der Waals surface area contributed by atoms with Crippen LogP contribution in [-0.2, 0) is 14.3 Å². The van der Waals surface area contributed by atoms with Gasteiger partial charge in [0.1, 0.15) is 12.7 Å². The Morgan fingerprint density at radius 3 is 2.00 bits per heavy atom. The van der Waals surface area contributed by atoms with E-state index in [2.05, 4.69) is 55.5 Å². The first-order chi connectivity index (χ1) is 14.7. The van der Waals surface area contributed by atoms with Crippen molar-refractivity contribution in [1.82, 2.24) is 0 Å². The van der Waals surface area contributed by atoms with Crippen LogP contribution in [0.2, 0.25) is 0 Å². The summed E-state index contributed by atoms with van der Waals surface area (Å²) < 4.78 is 10.5. The molecule has 0 aromatic rings. The largest absolute Gasteiger partial charge is 0.463 e. The van der Waals surface area contributed by atoms with E-state index in [4.69, 9.17) is 19.7 Å². The Bertz CT molecular complexity index is 588. The lowest BCUT2D eigenvalue weighted by atomic mass is 10.1. The van der Waals surface area contributed by atoms with Crippen LogP contribution in [0.1, 0.15) is 58.3 Å². The molecule has 0 saturated carbocycles. The number of epoxide rings is 1. The van der Waals surface area contributed by atoms with Crippen LogP contribution in [0, 0.1) is 0 Å². The highest BCUT2D eigenvalue weighted by molar-refractivity contribution is 5.69. The van der Waals surface area contributed by atoms with E-state index in [1.165, 1.54) is 0 Å². The highest BCUT2D eigenvalue weighted by Crippen LogP contribution is 2.29. The fourth-order valence-electron chi connectivity index (χ4n) is 2.67. The molecule has 0 aliphatic carbocycles. The summed E-state index contributed by atoms with van der Waals surface area (Å²) in [6.07, 6.45) is 27.9. The average Bonchev–Trinajstić information content (AvgIpc) is 3.50. The zero-order chi connectivity index (χ0) is 21.9. The maximum atomic E-state index is 11.4. The first kappa shape index (κ1) is 26.1.